The lowest BCUT2D eigenvalue weighted by Crippen LogP contribution is -2.06. The summed E-state index contributed by atoms with van der Waals surface area (Å²) < 4.78 is 5.29. The summed E-state index contributed by atoms with van der Waals surface area (Å²) in [4.78, 5) is 4.73. The van der Waals surface area contributed by atoms with Crippen LogP contribution in [0.25, 0.3) is 22.2 Å². The monoisotopic (exact) mass is 328 g/mol. The Morgan fingerprint density at radius 3 is 2.61 bits per heavy atom. The number of anilines is 1. The number of ether oxygens (including phenoxy) is 1. The summed E-state index contributed by atoms with van der Waals surface area (Å²) >= 11 is 5.96. The number of aliphatic hydroxyl groups is 1. The van der Waals surface area contributed by atoms with Gasteiger partial charge in [-0.25, -0.2) is 4.98 Å². The number of aliphatic hydroxyl groups excluding tert-OH is 1. The average molecular weight is 329 g/mol. The van der Waals surface area contributed by atoms with Gasteiger partial charge in [-0.2, -0.15) is 0 Å². The number of pyridine rings is 1. The second-order valence-corrected chi connectivity index (χ2v) is 5.53. The molecule has 1 heterocycles. The third-order valence-electron chi connectivity index (χ3n) is 3.58. The van der Waals surface area contributed by atoms with Gasteiger partial charge in [-0.1, -0.05) is 23.7 Å². The van der Waals surface area contributed by atoms with Gasteiger partial charge in [0.25, 0.3) is 0 Å². The van der Waals surface area contributed by atoms with E-state index in [9.17, 15) is 0 Å². The van der Waals surface area contributed by atoms with Crippen LogP contribution in [-0.4, -0.2) is 30.4 Å². The summed E-state index contributed by atoms with van der Waals surface area (Å²) in [6.07, 6.45) is 0. The van der Waals surface area contributed by atoms with Gasteiger partial charge in [0, 0.05) is 34.3 Å². The second-order valence-electron chi connectivity index (χ2n) is 5.10. The Bertz CT molecular complexity index is 819. The van der Waals surface area contributed by atoms with Gasteiger partial charge in [0.1, 0.15) is 5.75 Å². The van der Waals surface area contributed by atoms with Crippen molar-refractivity contribution in [2.45, 2.75) is 0 Å². The maximum atomic E-state index is 9.09. The molecule has 23 heavy (non-hydrogen) atoms. The number of hydrogen-bond donors (Lipinski definition) is 2. The molecule has 0 radical (unpaired) electrons. The van der Waals surface area contributed by atoms with Gasteiger partial charge < -0.3 is 15.2 Å². The van der Waals surface area contributed by atoms with Gasteiger partial charge in [0.15, 0.2) is 0 Å². The molecule has 0 aliphatic carbocycles. The Balaban J connectivity index is 2.15. The van der Waals surface area contributed by atoms with E-state index in [1.807, 2.05) is 48.5 Å². The molecule has 0 spiro atoms. The molecule has 0 atom stereocenters. The normalized spacial score (nSPS) is 10.7. The summed E-state index contributed by atoms with van der Waals surface area (Å²) in [5.41, 5.74) is 3.57. The molecule has 0 amide bonds. The van der Waals surface area contributed by atoms with Crippen molar-refractivity contribution in [3.8, 4) is 17.0 Å². The fraction of sp³-hybridized carbons (Fsp3) is 0.167. The van der Waals surface area contributed by atoms with Crippen LogP contribution in [0.1, 0.15) is 0 Å². The molecule has 0 fully saturated rings. The zero-order valence-corrected chi connectivity index (χ0v) is 13.5. The van der Waals surface area contributed by atoms with E-state index in [2.05, 4.69) is 5.32 Å². The summed E-state index contributed by atoms with van der Waals surface area (Å²) in [6.45, 7) is 0.543. The predicted molar refractivity (Wildman–Crippen MR) is 94.3 cm³/mol. The van der Waals surface area contributed by atoms with E-state index in [0.717, 1.165) is 33.6 Å². The first-order valence-electron chi connectivity index (χ1n) is 7.31. The van der Waals surface area contributed by atoms with Crippen LogP contribution < -0.4 is 10.1 Å². The lowest BCUT2D eigenvalue weighted by molar-refractivity contribution is 0.311. The minimum Gasteiger partial charge on any atom is -0.497 e. The van der Waals surface area contributed by atoms with E-state index in [1.54, 1.807) is 7.11 Å². The number of aromatic nitrogens is 1. The fourth-order valence-electron chi connectivity index (χ4n) is 2.44. The van der Waals surface area contributed by atoms with E-state index >= 15 is 0 Å². The highest BCUT2D eigenvalue weighted by molar-refractivity contribution is 6.30. The van der Waals surface area contributed by atoms with Crippen molar-refractivity contribution in [2.75, 3.05) is 25.6 Å². The first kappa shape index (κ1) is 15.6. The molecule has 2 aromatic carbocycles. The third-order valence-corrected chi connectivity index (χ3v) is 3.84. The number of rotatable bonds is 5. The highest BCUT2D eigenvalue weighted by Crippen LogP contribution is 2.31. The van der Waals surface area contributed by atoms with Crippen LogP contribution in [0, 0.1) is 0 Å². The second kappa shape index (κ2) is 6.86. The SMILES string of the molecule is COc1ccc2c(NCCO)cc(-c3ccc(Cl)cc3)nc2c1. The van der Waals surface area contributed by atoms with Crippen molar-refractivity contribution in [3.63, 3.8) is 0 Å². The predicted octanol–water partition coefficient (Wildman–Crippen LogP) is 3.97. The van der Waals surface area contributed by atoms with Crippen LogP contribution in [0.3, 0.4) is 0 Å². The first-order chi connectivity index (χ1) is 11.2. The van der Waals surface area contributed by atoms with Crippen molar-refractivity contribution in [3.05, 3.63) is 53.6 Å². The van der Waals surface area contributed by atoms with Gasteiger partial charge in [-0.3, -0.25) is 0 Å². The molecular formula is C18H17ClN2O2. The summed E-state index contributed by atoms with van der Waals surface area (Å²) in [6, 6.07) is 15.3. The number of nitrogens with zero attached hydrogens (tertiary/aromatic N) is 1. The molecule has 2 N–H and O–H groups in total. The first-order valence-corrected chi connectivity index (χ1v) is 7.68. The molecule has 118 valence electrons. The Hall–Kier alpha value is -2.30. The van der Waals surface area contributed by atoms with Crippen molar-refractivity contribution in [2.24, 2.45) is 0 Å². The number of hydrogen-bond acceptors (Lipinski definition) is 4. The van der Waals surface area contributed by atoms with Gasteiger partial charge in [0.05, 0.1) is 24.9 Å². The van der Waals surface area contributed by atoms with Crippen LogP contribution in [0.4, 0.5) is 5.69 Å². The van der Waals surface area contributed by atoms with Crippen LogP contribution in [-0.2, 0) is 0 Å². The van der Waals surface area contributed by atoms with Crippen molar-refractivity contribution < 1.29 is 9.84 Å². The smallest absolute Gasteiger partial charge is 0.121 e. The quantitative estimate of drug-likeness (QED) is 0.744. The van der Waals surface area contributed by atoms with E-state index in [0.29, 0.717) is 11.6 Å². The molecule has 3 rings (SSSR count). The number of methoxy groups -OCH3 is 1. The minimum absolute atomic E-state index is 0.0657. The topological polar surface area (TPSA) is 54.4 Å². The van der Waals surface area contributed by atoms with E-state index in [4.69, 9.17) is 26.4 Å². The third kappa shape index (κ3) is 3.38. The van der Waals surface area contributed by atoms with Gasteiger partial charge in [-0.15, -0.1) is 0 Å². The fourth-order valence-corrected chi connectivity index (χ4v) is 2.57. The summed E-state index contributed by atoms with van der Waals surface area (Å²) in [7, 11) is 1.63. The van der Waals surface area contributed by atoms with Gasteiger partial charge >= 0.3 is 0 Å². The van der Waals surface area contributed by atoms with Gasteiger partial charge in [0.2, 0.25) is 0 Å². The molecule has 0 saturated heterocycles. The Kier molecular flexibility index (Phi) is 4.65. The van der Waals surface area contributed by atoms with Crippen LogP contribution in [0.5, 0.6) is 5.75 Å². The highest BCUT2D eigenvalue weighted by Gasteiger charge is 2.09. The maximum Gasteiger partial charge on any atom is 0.121 e. The Morgan fingerprint density at radius 1 is 1.13 bits per heavy atom. The molecule has 5 heteroatoms. The molecule has 0 unspecified atom stereocenters. The zero-order valence-electron chi connectivity index (χ0n) is 12.7. The van der Waals surface area contributed by atoms with E-state index < -0.39 is 0 Å². The van der Waals surface area contributed by atoms with Crippen LogP contribution >= 0.6 is 11.6 Å². The van der Waals surface area contributed by atoms with Gasteiger partial charge in [-0.05, 0) is 30.3 Å². The highest BCUT2D eigenvalue weighted by atomic mass is 35.5. The summed E-state index contributed by atoms with van der Waals surface area (Å²) in [5.74, 6) is 0.756. The van der Waals surface area contributed by atoms with Crippen molar-refractivity contribution in [1.29, 1.82) is 0 Å². The van der Waals surface area contributed by atoms with E-state index in [-0.39, 0.29) is 6.61 Å². The Labute approximate surface area is 139 Å². The number of benzene rings is 2. The number of fused-ring (bicyclic) bond motifs is 1. The molecule has 3 aromatic rings. The summed E-state index contributed by atoms with van der Waals surface area (Å²) in [5, 5.41) is 14.0. The lowest BCUT2D eigenvalue weighted by Gasteiger charge is -2.12. The molecule has 4 nitrogen and oxygen atoms in total. The zero-order chi connectivity index (χ0) is 16.2. The van der Waals surface area contributed by atoms with Crippen molar-refractivity contribution in [1.82, 2.24) is 4.98 Å². The van der Waals surface area contributed by atoms with Crippen LogP contribution in [0.2, 0.25) is 5.02 Å². The molecule has 0 bridgehead atoms. The minimum atomic E-state index is 0.0657. The number of nitrogens with one attached hydrogen (secondary N) is 1. The standard InChI is InChI=1S/C18H17ClN2O2/c1-23-14-6-7-15-17(20-8-9-22)11-16(21-18(15)10-14)12-2-4-13(19)5-3-12/h2-7,10-11,22H,8-9H2,1H3,(H,20,21). The molecule has 1 aromatic heterocycles. The maximum absolute atomic E-state index is 9.09. The molecular weight excluding hydrogens is 312 g/mol. The molecule has 0 aliphatic rings. The number of halogens is 1. The largest absolute Gasteiger partial charge is 0.497 e. The Morgan fingerprint density at radius 2 is 1.91 bits per heavy atom. The average Bonchev–Trinajstić information content (AvgIpc) is 2.59. The van der Waals surface area contributed by atoms with E-state index in [1.165, 1.54) is 0 Å². The van der Waals surface area contributed by atoms with Crippen LogP contribution in [0.15, 0.2) is 48.5 Å². The molecule has 0 aliphatic heterocycles. The lowest BCUT2D eigenvalue weighted by atomic mass is 10.1. The molecule has 0 saturated carbocycles. The van der Waals surface area contributed by atoms with Crippen molar-refractivity contribution >= 4 is 28.2 Å².